The maximum atomic E-state index is 13.2. The van der Waals surface area contributed by atoms with E-state index in [4.69, 9.17) is 0 Å². The second-order valence-electron chi connectivity index (χ2n) is 5.63. The van der Waals surface area contributed by atoms with Crippen molar-refractivity contribution in [3.63, 3.8) is 0 Å². The molecule has 7 nitrogen and oxygen atoms in total. The molecule has 2 aliphatic rings. The molecule has 0 saturated heterocycles. The number of sulfonamides is 1. The molecule has 1 aromatic rings. The molecular formula is C16H16FN3O4S. The Balaban J connectivity index is 1.63. The molecule has 0 saturated carbocycles. The van der Waals surface area contributed by atoms with Gasteiger partial charge in [-0.2, -0.15) is 0 Å². The van der Waals surface area contributed by atoms with Gasteiger partial charge in [0.25, 0.3) is 15.9 Å². The predicted octanol–water partition coefficient (Wildman–Crippen LogP) is 0.473. The first kappa shape index (κ1) is 17.3. The summed E-state index contributed by atoms with van der Waals surface area (Å²) in [6, 6.07) is 5.52. The highest BCUT2D eigenvalue weighted by atomic mass is 32.2. The molecule has 0 aromatic heterocycles. The van der Waals surface area contributed by atoms with Crippen LogP contribution < -0.4 is 5.32 Å². The number of amidine groups is 1. The Morgan fingerprint density at radius 1 is 1.40 bits per heavy atom. The number of hydrogen-bond donors (Lipinski definition) is 2. The summed E-state index contributed by atoms with van der Waals surface area (Å²) in [5, 5.41) is 12.6. The molecule has 2 aliphatic heterocycles. The highest BCUT2D eigenvalue weighted by Crippen LogP contribution is 2.17. The van der Waals surface area contributed by atoms with E-state index in [0.29, 0.717) is 11.1 Å². The summed E-state index contributed by atoms with van der Waals surface area (Å²) in [5.41, 5.74) is 0.675. The van der Waals surface area contributed by atoms with Crippen molar-refractivity contribution >= 4 is 21.8 Å². The normalized spacial score (nSPS) is 19.5. The monoisotopic (exact) mass is 365 g/mol. The van der Waals surface area contributed by atoms with Gasteiger partial charge in [0, 0.05) is 19.3 Å². The Morgan fingerprint density at radius 2 is 2.20 bits per heavy atom. The number of nitrogens with zero attached hydrogens (tertiary/aromatic N) is 2. The fourth-order valence-corrected chi connectivity index (χ4v) is 3.43. The van der Waals surface area contributed by atoms with Crippen molar-refractivity contribution in [2.75, 3.05) is 18.8 Å². The zero-order valence-electron chi connectivity index (χ0n) is 13.1. The number of hydrogen-bond acceptors (Lipinski definition) is 5. The van der Waals surface area contributed by atoms with Gasteiger partial charge in [0.2, 0.25) is 0 Å². The molecular weight excluding hydrogens is 349 g/mol. The number of carbonyl (C=O) groups is 1. The van der Waals surface area contributed by atoms with Gasteiger partial charge in [0.1, 0.15) is 11.7 Å². The number of aliphatic hydroxyl groups excluding tert-OH is 1. The number of aliphatic hydroxyl groups is 1. The molecule has 3 rings (SSSR count). The first-order valence-corrected chi connectivity index (χ1v) is 9.16. The van der Waals surface area contributed by atoms with Gasteiger partial charge in [0.05, 0.1) is 17.4 Å². The van der Waals surface area contributed by atoms with Crippen LogP contribution in [0.2, 0.25) is 0 Å². The fraction of sp³-hybridized carbons (Fsp3) is 0.250. The molecule has 0 radical (unpaired) electrons. The molecule has 25 heavy (non-hydrogen) atoms. The van der Waals surface area contributed by atoms with Crippen molar-refractivity contribution in [1.29, 1.82) is 0 Å². The van der Waals surface area contributed by atoms with Crippen LogP contribution in [0, 0.1) is 5.82 Å². The number of amides is 1. The van der Waals surface area contributed by atoms with E-state index >= 15 is 0 Å². The third-order valence-electron chi connectivity index (χ3n) is 3.78. The number of fused-ring (bicyclic) bond motifs is 1. The average molecular weight is 365 g/mol. The van der Waals surface area contributed by atoms with Crippen LogP contribution in [-0.4, -0.2) is 49.0 Å². The summed E-state index contributed by atoms with van der Waals surface area (Å²) in [4.78, 5) is 13.8. The predicted molar refractivity (Wildman–Crippen MR) is 89.5 cm³/mol. The number of halogens is 1. The minimum absolute atomic E-state index is 0.0806. The molecule has 9 heteroatoms. The average Bonchev–Trinajstić information content (AvgIpc) is 2.58. The second kappa shape index (κ2) is 6.77. The van der Waals surface area contributed by atoms with Gasteiger partial charge >= 0.3 is 0 Å². The summed E-state index contributed by atoms with van der Waals surface area (Å²) in [5.74, 6) is -0.747. The maximum absolute atomic E-state index is 13.2. The van der Waals surface area contributed by atoms with E-state index in [0.717, 1.165) is 0 Å². The first-order chi connectivity index (χ1) is 11.8. The van der Waals surface area contributed by atoms with E-state index in [2.05, 4.69) is 9.71 Å². The maximum Gasteiger partial charge on any atom is 0.256 e. The topological polar surface area (TPSA) is 99.1 Å². The Labute approximate surface area is 144 Å². The second-order valence-corrected chi connectivity index (χ2v) is 7.38. The number of carbonyl (C=O) groups excluding carboxylic acids is 1. The Bertz CT molecular complexity index is 892. The molecule has 1 amide bonds. The third-order valence-corrected chi connectivity index (χ3v) is 4.94. The molecule has 1 atom stereocenters. The molecule has 2 heterocycles. The summed E-state index contributed by atoms with van der Waals surface area (Å²) in [7, 11) is -3.44. The number of benzene rings is 1. The fourth-order valence-electron chi connectivity index (χ4n) is 2.46. The third kappa shape index (κ3) is 4.12. The van der Waals surface area contributed by atoms with Crippen LogP contribution in [0.5, 0.6) is 0 Å². The van der Waals surface area contributed by atoms with Gasteiger partial charge in [-0.3, -0.25) is 4.79 Å². The minimum atomic E-state index is -3.44. The van der Waals surface area contributed by atoms with Gasteiger partial charge < -0.3 is 15.3 Å². The Morgan fingerprint density at radius 3 is 2.96 bits per heavy atom. The van der Waals surface area contributed by atoms with Crippen LogP contribution >= 0.6 is 0 Å². The van der Waals surface area contributed by atoms with Crippen molar-refractivity contribution in [2.45, 2.75) is 6.10 Å². The molecule has 132 valence electrons. The summed E-state index contributed by atoms with van der Waals surface area (Å²) < 4.78 is 39.7. The van der Waals surface area contributed by atoms with Crippen molar-refractivity contribution < 1.29 is 22.7 Å². The molecule has 0 fully saturated rings. The van der Waals surface area contributed by atoms with Crippen molar-refractivity contribution in [2.24, 2.45) is 4.40 Å². The summed E-state index contributed by atoms with van der Waals surface area (Å²) >= 11 is 0. The molecule has 0 aliphatic carbocycles. The van der Waals surface area contributed by atoms with Crippen LogP contribution in [0.4, 0.5) is 4.39 Å². The summed E-state index contributed by atoms with van der Waals surface area (Å²) in [6.45, 7) is 0.136. The lowest BCUT2D eigenvalue weighted by Crippen LogP contribution is -2.38. The van der Waals surface area contributed by atoms with Crippen molar-refractivity contribution in [3.05, 3.63) is 59.6 Å². The SMILES string of the molecule is O=C(NCC(O)c1cccc(F)c1)C1=CN2CCS(=O)(=O)N=C2C=C1. The minimum Gasteiger partial charge on any atom is -0.387 e. The van der Waals surface area contributed by atoms with E-state index < -0.39 is 27.9 Å². The van der Waals surface area contributed by atoms with E-state index in [1.165, 1.54) is 36.6 Å². The van der Waals surface area contributed by atoms with Crippen LogP contribution in [0.3, 0.4) is 0 Å². The zero-order valence-corrected chi connectivity index (χ0v) is 13.9. The highest BCUT2D eigenvalue weighted by Gasteiger charge is 2.25. The van der Waals surface area contributed by atoms with Crippen LogP contribution in [0.1, 0.15) is 11.7 Å². The van der Waals surface area contributed by atoms with Crippen molar-refractivity contribution in [1.82, 2.24) is 10.2 Å². The first-order valence-electron chi connectivity index (χ1n) is 7.55. The zero-order chi connectivity index (χ0) is 18.0. The van der Waals surface area contributed by atoms with Gasteiger partial charge in [-0.05, 0) is 29.8 Å². The van der Waals surface area contributed by atoms with E-state index in [-0.39, 0.29) is 24.7 Å². The molecule has 0 bridgehead atoms. The van der Waals surface area contributed by atoms with Crippen LogP contribution in [-0.2, 0) is 14.8 Å². The molecule has 0 spiro atoms. The lowest BCUT2D eigenvalue weighted by atomic mass is 10.1. The van der Waals surface area contributed by atoms with Gasteiger partial charge in [-0.15, -0.1) is 4.40 Å². The quantitative estimate of drug-likeness (QED) is 0.808. The Kier molecular flexibility index (Phi) is 4.69. The highest BCUT2D eigenvalue weighted by molar-refractivity contribution is 7.90. The molecule has 1 unspecified atom stereocenters. The number of nitrogens with one attached hydrogen (secondary N) is 1. The van der Waals surface area contributed by atoms with Gasteiger partial charge in [-0.1, -0.05) is 12.1 Å². The lowest BCUT2D eigenvalue weighted by Gasteiger charge is -2.27. The Hall–Kier alpha value is -2.52. The molecule has 2 N–H and O–H groups in total. The van der Waals surface area contributed by atoms with Crippen molar-refractivity contribution in [3.8, 4) is 0 Å². The van der Waals surface area contributed by atoms with E-state index in [1.54, 1.807) is 11.0 Å². The number of rotatable bonds is 4. The molecule has 1 aromatic carbocycles. The standard InChI is InChI=1S/C16H16FN3O4S/c17-13-3-1-2-11(8-13)14(21)9-18-16(22)12-4-5-15-19-25(23,24)7-6-20(15)10-12/h1-5,8,10,14,21H,6-7,9H2,(H,18,22). The van der Waals surface area contributed by atoms with E-state index in [1.807, 2.05) is 0 Å². The van der Waals surface area contributed by atoms with Crippen LogP contribution in [0.15, 0.2) is 52.6 Å². The van der Waals surface area contributed by atoms with E-state index in [9.17, 15) is 22.7 Å². The smallest absolute Gasteiger partial charge is 0.256 e. The van der Waals surface area contributed by atoms with Gasteiger partial charge in [0.15, 0.2) is 0 Å². The lowest BCUT2D eigenvalue weighted by molar-refractivity contribution is -0.117. The largest absolute Gasteiger partial charge is 0.387 e. The summed E-state index contributed by atoms with van der Waals surface area (Å²) in [6.07, 6.45) is 3.39. The van der Waals surface area contributed by atoms with Crippen LogP contribution in [0.25, 0.3) is 0 Å². The van der Waals surface area contributed by atoms with Gasteiger partial charge in [-0.25, -0.2) is 12.8 Å².